The van der Waals surface area contributed by atoms with Gasteiger partial charge in [-0.1, -0.05) is 57.0 Å². The van der Waals surface area contributed by atoms with Crippen LogP contribution in [0.4, 0.5) is 0 Å². The van der Waals surface area contributed by atoms with Crippen LogP contribution in [0.25, 0.3) is 0 Å². The number of rotatable bonds is 10. The maximum absolute atomic E-state index is 12.0. The fraction of sp³-hybridized carbons (Fsp3) is 0.588. The summed E-state index contributed by atoms with van der Waals surface area (Å²) in [5.41, 5.74) is 0.682. The number of ketones is 1. The van der Waals surface area contributed by atoms with E-state index in [2.05, 4.69) is 6.92 Å². The molecule has 0 saturated carbocycles. The molecule has 1 rings (SSSR count). The van der Waals surface area contributed by atoms with E-state index >= 15 is 0 Å². The number of hydrogen-bond acceptors (Lipinski definition) is 2. The third-order valence-corrected chi connectivity index (χ3v) is 3.78. The molecule has 0 bridgehead atoms. The highest BCUT2D eigenvalue weighted by Gasteiger charge is 2.08. The van der Waals surface area contributed by atoms with Gasteiger partial charge in [-0.2, -0.15) is 0 Å². The molecule has 0 radical (unpaired) electrons. The molecule has 0 saturated heterocycles. The number of hydrogen-bond donors (Lipinski definition) is 0. The summed E-state index contributed by atoms with van der Waals surface area (Å²) in [6.07, 6.45) is 9.15. The van der Waals surface area contributed by atoms with E-state index in [4.69, 9.17) is 16.3 Å². The molecular weight excluding hydrogens is 272 g/mol. The van der Waals surface area contributed by atoms with Gasteiger partial charge in [0.25, 0.3) is 0 Å². The molecule has 0 amide bonds. The highest BCUT2D eigenvalue weighted by molar-refractivity contribution is 6.32. The first-order valence-electron chi connectivity index (χ1n) is 7.55. The number of halogens is 1. The van der Waals surface area contributed by atoms with Crippen LogP contribution in [0, 0.1) is 0 Å². The molecule has 0 aliphatic heterocycles. The van der Waals surface area contributed by atoms with Crippen molar-refractivity contribution in [1.29, 1.82) is 0 Å². The standard InChI is InChI=1S/C17H25ClO2/c1-3-4-5-6-7-8-9-10-16(19)14-11-12-17(20-2)15(18)13-14/h11-13H,3-10H2,1-2H3. The van der Waals surface area contributed by atoms with E-state index in [0.29, 0.717) is 22.8 Å². The summed E-state index contributed by atoms with van der Waals surface area (Å²) in [4.78, 5) is 12.0. The van der Waals surface area contributed by atoms with Crippen molar-refractivity contribution in [2.24, 2.45) is 0 Å². The fourth-order valence-electron chi connectivity index (χ4n) is 2.23. The summed E-state index contributed by atoms with van der Waals surface area (Å²) in [6, 6.07) is 5.23. The minimum atomic E-state index is 0.170. The Bertz CT molecular complexity index is 415. The van der Waals surface area contributed by atoms with Crippen molar-refractivity contribution in [3.05, 3.63) is 28.8 Å². The molecule has 0 fully saturated rings. The molecule has 0 aromatic heterocycles. The lowest BCUT2D eigenvalue weighted by Gasteiger charge is -2.05. The van der Waals surface area contributed by atoms with Gasteiger partial charge in [0.15, 0.2) is 5.78 Å². The molecule has 112 valence electrons. The van der Waals surface area contributed by atoms with Crippen LogP contribution in [-0.2, 0) is 0 Å². The number of ether oxygens (including phenoxy) is 1. The fourth-order valence-corrected chi connectivity index (χ4v) is 2.48. The predicted molar refractivity (Wildman–Crippen MR) is 84.9 cm³/mol. The molecule has 1 aromatic carbocycles. The predicted octanol–water partition coefficient (Wildman–Crippen LogP) is 5.67. The Kier molecular flexibility index (Phi) is 8.36. The zero-order valence-electron chi connectivity index (χ0n) is 12.6. The zero-order chi connectivity index (χ0) is 14.8. The van der Waals surface area contributed by atoms with E-state index in [9.17, 15) is 4.79 Å². The van der Waals surface area contributed by atoms with Crippen LogP contribution in [-0.4, -0.2) is 12.9 Å². The minimum absolute atomic E-state index is 0.170. The maximum atomic E-state index is 12.0. The van der Waals surface area contributed by atoms with Gasteiger partial charge in [-0.25, -0.2) is 0 Å². The van der Waals surface area contributed by atoms with Crippen LogP contribution in [0.1, 0.15) is 68.6 Å². The first kappa shape index (κ1) is 17.0. The van der Waals surface area contributed by atoms with Crippen molar-refractivity contribution in [1.82, 2.24) is 0 Å². The number of unbranched alkanes of at least 4 members (excludes halogenated alkanes) is 6. The van der Waals surface area contributed by atoms with Gasteiger partial charge in [0.2, 0.25) is 0 Å². The number of methoxy groups -OCH3 is 1. The van der Waals surface area contributed by atoms with Crippen LogP contribution >= 0.6 is 11.6 Å². The highest BCUT2D eigenvalue weighted by atomic mass is 35.5. The first-order valence-corrected chi connectivity index (χ1v) is 7.93. The van der Waals surface area contributed by atoms with Gasteiger partial charge < -0.3 is 4.74 Å². The zero-order valence-corrected chi connectivity index (χ0v) is 13.3. The van der Waals surface area contributed by atoms with E-state index < -0.39 is 0 Å². The van der Waals surface area contributed by atoms with Crippen molar-refractivity contribution in [3.8, 4) is 5.75 Å². The summed E-state index contributed by atoms with van der Waals surface area (Å²) in [5, 5.41) is 0.498. The smallest absolute Gasteiger partial charge is 0.162 e. The molecule has 0 spiro atoms. The Balaban J connectivity index is 2.27. The molecular formula is C17H25ClO2. The Morgan fingerprint density at radius 3 is 2.35 bits per heavy atom. The summed E-state index contributed by atoms with van der Waals surface area (Å²) in [6.45, 7) is 2.22. The molecule has 0 unspecified atom stereocenters. The van der Waals surface area contributed by atoms with E-state index in [0.717, 1.165) is 12.8 Å². The number of carbonyl (C=O) groups excluding carboxylic acids is 1. The topological polar surface area (TPSA) is 26.3 Å². The average molecular weight is 297 g/mol. The Labute approximate surface area is 127 Å². The van der Waals surface area contributed by atoms with Crippen molar-refractivity contribution in [2.45, 2.75) is 58.3 Å². The van der Waals surface area contributed by atoms with E-state index in [1.807, 2.05) is 0 Å². The normalized spacial score (nSPS) is 10.6. The van der Waals surface area contributed by atoms with Crippen molar-refractivity contribution < 1.29 is 9.53 Å². The molecule has 0 heterocycles. The number of benzene rings is 1. The molecule has 20 heavy (non-hydrogen) atoms. The first-order chi connectivity index (χ1) is 9.69. The van der Waals surface area contributed by atoms with Crippen molar-refractivity contribution in [3.63, 3.8) is 0 Å². The van der Waals surface area contributed by atoms with Crippen LogP contribution in [0.3, 0.4) is 0 Å². The SMILES string of the molecule is CCCCCCCCCC(=O)c1ccc(OC)c(Cl)c1. The Hall–Kier alpha value is -1.02. The second kappa shape index (κ2) is 9.82. The van der Waals surface area contributed by atoms with E-state index in [1.54, 1.807) is 25.3 Å². The molecule has 0 aliphatic carbocycles. The third-order valence-electron chi connectivity index (χ3n) is 3.48. The lowest BCUT2D eigenvalue weighted by atomic mass is 10.0. The molecule has 1 aromatic rings. The molecule has 3 heteroatoms. The van der Waals surface area contributed by atoms with Crippen LogP contribution in [0.5, 0.6) is 5.75 Å². The highest BCUT2D eigenvalue weighted by Crippen LogP contribution is 2.25. The molecule has 0 N–H and O–H groups in total. The quantitative estimate of drug-likeness (QED) is 0.410. The summed E-state index contributed by atoms with van der Waals surface area (Å²) >= 11 is 6.03. The van der Waals surface area contributed by atoms with Gasteiger partial charge in [-0.3, -0.25) is 4.79 Å². The average Bonchev–Trinajstić information content (AvgIpc) is 2.46. The van der Waals surface area contributed by atoms with Gasteiger partial charge in [0.1, 0.15) is 5.75 Å². The number of Topliss-reactive ketones (excluding diaryl/α,β-unsaturated/α-hetero) is 1. The van der Waals surface area contributed by atoms with Gasteiger partial charge in [-0.15, -0.1) is 0 Å². The Morgan fingerprint density at radius 2 is 1.75 bits per heavy atom. The van der Waals surface area contributed by atoms with Crippen molar-refractivity contribution in [2.75, 3.05) is 7.11 Å². The summed E-state index contributed by atoms with van der Waals surface area (Å²) < 4.78 is 5.08. The summed E-state index contributed by atoms with van der Waals surface area (Å²) in [5.74, 6) is 0.780. The largest absolute Gasteiger partial charge is 0.495 e. The van der Waals surface area contributed by atoms with E-state index in [-0.39, 0.29) is 5.78 Å². The van der Waals surface area contributed by atoms with Crippen LogP contribution < -0.4 is 4.74 Å². The van der Waals surface area contributed by atoms with Gasteiger partial charge in [0, 0.05) is 12.0 Å². The maximum Gasteiger partial charge on any atom is 0.162 e. The molecule has 0 aliphatic rings. The third kappa shape index (κ3) is 5.96. The van der Waals surface area contributed by atoms with Crippen molar-refractivity contribution >= 4 is 17.4 Å². The van der Waals surface area contributed by atoms with Crippen LogP contribution in [0.15, 0.2) is 18.2 Å². The Morgan fingerprint density at radius 1 is 1.10 bits per heavy atom. The summed E-state index contributed by atoms with van der Waals surface area (Å²) in [7, 11) is 1.57. The van der Waals surface area contributed by atoms with Crippen LogP contribution in [0.2, 0.25) is 5.02 Å². The van der Waals surface area contributed by atoms with E-state index in [1.165, 1.54) is 32.1 Å². The second-order valence-electron chi connectivity index (χ2n) is 5.14. The monoisotopic (exact) mass is 296 g/mol. The molecule has 0 atom stereocenters. The van der Waals surface area contributed by atoms with Gasteiger partial charge in [0.05, 0.1) is 12.1 Å². The van der Waals surface area contributed by atoms with Gasteiger partial charge in [-0.05, 0) is 24.6 Å². The molecule has 2 nitrogen and oxygen atoms in total. The second-order valence-corrected chi connectivity index (χ2v) is 5.55. The number of carbonyl (C=O) groups is 1. The lowest BCUT2D eigenvalue weighted by molar-refractivity contribution is 0.0979. The van der Waals surface area contributed by atoms with Gasteiger partial charge >= 0.3 is 0 Å². The minimum Gasteiger partial charge on any atom is -0.495 e. The lowest BCUT2D eigenvalue weighted by Crippen LogP contribution is -1.99.